The Morgan fingerprint density at radius 1 is 1.53 bits per heavy atom. The first-order valence-electron chi connectivity index (χ1n) is 5.52. The summed E-state index contributed by atoms with van der Waals surface area (Å²) in [5.74, 6) is 1.05. The number of hydrogen-bond donors (Lipinski definition) is 0. The SMILES string of the molecule is C/C=C(\C=C/CCC)c1cn(C)c(C)n1. The van der Waals surface area contributed by atoms with Gasteiger partial charge in [0, 0.05) is 13.2 Å². The van der Waals surface area contributed by atoms with E-state index >= 15 is 0 Å². The lowest BCUT2D eigenvalue weighted by atomic mass is 10.1. The van der Waals surface area contributed by atoms with Crippen molar-refractivity contribution in [1.82, 2.24) is 9.55 Å². The van der Waals surface area contributed by atoms with Crippen LogP contribution < -0.4 is 0 Å². The normalized spacial score (nSPS) is 12.7. The number of aryl methyl sites for hydroxylation is 2. The van der Waals surface area contributed by atoms with E-state index in [2.05, 4.69) is 43.3 Å². The molecule has 0 aliphatic rings. The molecule has 0 radical (unpaired) electrons. The molecule has 0 saturated carbocycles. The second-order valence-corrected chi connectivity index (χ2v) is 3.72. The molecule has 0 amide bonds. The van der Waals surface area contributed by atoms with Crippen LogP contribution in [0.1, 0.15) is 38.2 Å². The highest BCUT2D eigenvalue weighted by Crippen LogP contribution is 2.15. The fraction of sp³-hybridized carbons (Fsp3) is 0.462. The Balaban J connectivity index is 2.84. The predicted octanol–water partition coefficient (Wildman–Crippen LogP) is 3.49. The van der Waals surface area contributed by atoms with Gasteiger partial charge in [0.05, 0.1) is 5.69 Å². The molecule has 1 rings (SSSR count). The van der Waals surface area contributed by atoms with Gasteiger partial charge in [-0.25, -0.2) is 4.98 Å². The number of unbranched alkanes of at least 4 members (excludes halogenated alkanes) is 1. The Bertz CT molecular complexity index is 350. The van der Waals surface area contributed by atoms with Gasteiger partial charge in [-0.15, -0.1) is 0 Å². The van der Waals surface area contributed by atoms with Crippen molar-refractivity contribution in [1.29, 1.82) is 0 Å². The lowest BCUT2D eigenvalue weighted by Gasteiger charge is -1.95. The maximum absolute atomic E-state index is 4.50. The molecule has 0 fully saturated rings. The first-order chi connectivity index (χ1) is 7.19. The third-order valence-corrected chi connectivity index (χ3v) is 2.47. The van der Waals surface area contributed by atoms with E-state index in [1.807, 2.05) is 18.5 Å². The summed E-state index contributed by atoms with van der Waals surface area (Å²) in [4.78, 5) is 4.50. The van der Waals surface area contributed by atoms with Crippen molar-refractivity contribution in [2.45, 2.75) is 33.6 Å². The van der Waals surface area contributed by atoms with Crippen LogP contribution in [-0.2, 0) is 7.05 Å². The van der Waals surface area contributed by atoms with Gasteiger partial charge in [-0.3, -0.25) is 0 Å². The van der Waals surface area contributed by atoms with Crippen molar-refractivity contribution >= 4 is 5.57 Å². The van der Waals surface area contributed by atoms with E-state index in [0.717, 1.165) is 17.9 Å². The fourth-order valence-electron chi connectivity index (χ4n) is 1.40. The van der Waals surface area contributed by atoms with E-state index in [-0.39, 0.29) is 0 Å². The molecule has 0 atom stereocenters. The lowest BCUT2D eigenvalue weighted by Crippen LogP contribution is -1.86. The molecule has 0 spiro atoms. The van der Waals surface area contributed by atoms with Crippen LogP contribution in [0.15, 0.2) is 24.4 Å². The van der Waals surface area contributed by atoms with Gasteiger partial charge in [-0.2, -0.15) is 0 Å². The molecule has 0 saturated heterocycles. The van der Waals surface area contributed by atoms with Crippen molar-refractivity contribution < 1.29 is 0 Å². The van der Waals surface area contributed by atoms with Crippen LogP contribution in [0.3, 0.4) is 0 Å². The van der Waals surface area contributed by atoms with E-state index in [0.29, 0.717) is 0 Å². The number of aromatic nitrogens is 2. The minimum Gasteiger partial charge on any atom is -0.338 e. The topological polar surface area (TPSA) is 17.8 Å². The van der Waals surface area contributed by atoms with E-state index in [1.165, 1.54) is 12.0 Å². The van der Waals surface area contributed by atoms with E-state index in [1.54, 1.807) is 0 Å². The molecule has 2 heteroatoms. The van der Waals surface area contributed by atoms with Gasteiger partial charge in [0.15, 0.2) is 0 Å². The quantitative estimate of drug-likeness (QED) is 0.686. The third-order valence-electron chi connectivity index (χ3n) is 2.47. The van der Waals surface area contributed by atoms with Crippen molar-refractivity contribution in [3.8, 4) is 0 Å². The molecule has 1 aromatic heterocycles. The Morgan fingerprint density at radius 3 is 2.73 bits per heavy atom. The Hall–Kier alpha value is -1.31. The van der Waals surface area contributed by atoms with Gasteiger partial charge in [-0.1, -0.05) is 31.6 Å². The zero-order chi connectivity index (χ0) is 11.3. The minimum absolute atomic E-state index is 1.05. The van der Waals surface area contributed by atoms with Gasteiger partial charge in [0.25, 0.3) is 0 Å². The number of rotatable bonds is 4. The Labute approximate surface area is 92.3 Å². The molecule has 0 bridgehead atoms. The average molecular weight is 204 g/mol. The monoisotopic (exact) mass is 204 g/mol. The van der Waals surface area contributed by atoms with Gasteiger partial charge < -0.3 is 4.57 Å². The molecule has 82 valence electrons. The van der Waals surface area contributed by atoms with Crippen LogP contribution in [-0.4, -0.2) is 9.55 Å². The molecule has 0 N–H and O–H groups in total. The van der Waals surface area contributed by atoms with Crippen molar-refractivity contribution in [2.24, 2.45) is 7.05 Å². The average Bonchev–Trinajstić information content (AvgIpc) is 2.54. The molecule has 2 nitrogen and oxygen atoms in total. The van der Waals surface area contributed by atoms with Gasteiger partial charge >= 0.3 is 0 Å². The lowest BCUT2D eigenvalue weighted by molar-refractivity contribution is 0.858. The third kappa shape index (κ3) is 3.08. The maximum Gasteiger partial charge on any atom is 0.105 e. The van der Waals surface area contributed by atoms with E-state index in [4.69, 9.17) is 0 Å². The van der Waals surface area contributed by atoms with Crippen molar-refractivity contribution in [3.05, 3.63) is 35.9 Å². The second kappa shape index (κ2) is 5.54. The summed E-state index contributed by atoms with van der Waals surface area (Å²) in [5, 5.41) is 0. The molecule has 1 heterocycles. The molecule has 0 aliphatic carbocycles. The number of nitrogens with zero attached hydrogens (tertiary/aromatic N) is 2. The number of imidazole rings is 1. The molecule has 0 aromatic carbocycles. The smallest absolute Gasteiger partial charge is 0.105 e. The molecule has 0 aliphatic heterocycles. The summed E-state index contributed by atoms with van der Waals surface area (Å²) >= 11 is 0. The Morgan fingerprint density at radius 2 is 2.27 bits per heavy atom. The highest BCUT2D eigenvalue weighted by atomic mass is 15.0. The molecule has 0 unspecified atom stereocenters. The maximum atomic E-state index is 4.50. The van der Waals surface area contributed by atoms with Crippen molar-refractivity contribution in [2.75, 3.05) is 0 Å². The first-order valence-corrected chi connectivity index (χ1v) is 5.52. The van der Waals surface area contributed by atoms with E-state index in [9.17, 15) is 0 Å². The zero-order valence-electron chi connectivity index (χ0n) is 10.1. The molecular weight excluding hydrogens is 184 g/mol. The zero-order valence-corrected chi connectivity index (χ0v) is 10.1. The van der Waals surface area contributed by atoms with Crippen LogP contribution in [0.25, 0.3) is 5.57 Å². The van der Waals surface area contributed by atoms with Gasteiger partial charge in [0.1, 0.15) is 5.82 Å². The summed E-state index contributed by atoms with van der Waals surface area (Å²) in [6.45, 7) is 6.26. The highest BCUT2D eigenvalue weighted by molar-refractivity contribution is 5.71. The molecular formula is C13H20N2. The number of hydrogen-bond acceptors (Lipinski definition) is 1. The number of allylic oxidation sites excluding steroid dienone is 4. The highest BCUT2D eigenvalue weighted by Gasteiger charge is 2.02. The summed E-state index contributed by atoms with van der Waals surface area (Å²) in [7, 11) is 2.02. The minimum atomic E-state index is 1.05. The fourth-order valence-corrected chi connectivity index (χ4v) is 1.40. The summed E-state index contributed by atoms with van der Waals surface area (Å²) < 4.78 is 2.05. The van der Waals surface area contributed by atoms with Gasteiger partial charge in [0.2, 0.25) is 0 Å². The summed E-state index contributed by atoms with van der Waals surface area (Å²) in [6.07, 6.45) is 10.9. The standard InChI is InChI=1S/C13H20N2/c1-5-7-8-9-12(6-2)13-10-15(4)11(3)14-13/h6,8-10H,5,7H2,1-4H3/b9-8-,12-6+. The summed E-state index contributed by atoms with van der Waals surface area (Å²) in [5.41, 5.74) is 2.26. The van der Waals surface area contributed by atoms with Crippen LogP contribution >= 0.6 is 0 Å². The second-order valence-electron chi connectivity index (χ2n) is 3.72. The molecule has 1 aromatic rings. The summed E-state index contributed by atoms with van der Waals surface area (Å²) in [6, 6.07) is 0. The van der Waals surface area contributed by atoms with E-state index < -0.39 is 0 Å². The van der Waals surface area contributed by atoms with Crippen LogP contribution in [0, 0.1) is 6.92 Å². The Kier molecular flexibility index (Phi) is 4.35. The van der Waals surface area contributed by atoms with Crippen LogP contribution in [0.5, 0.6) is 0 Å². The van der Waals surface area contributed by atoms with Crippen LogP contribution in [0.4, 0.5) is 0 Å². The predicted molar refractivity (Wildman–Crippen MR) is 65.6 cm³/mol. The largest absolute Gasteiger partial charge is 0.338 e. The first kappa shape index (κ1) is 11.8. The molecule has 15 heavy (non-hydrogen) atoms. The van der Waals surface area contributed by atoms with Crippen LogP contribution in [0.2, 0.25) is 0 Å². The van der Waals surface area contributed by atoms with Gasteiger partial charge in [-0.05, 0) is 25.8 Å². The van der Waals surface area contributed by atoms with Crippen molar-refractivity contribution in [3.63, 3.8) is 0 Å².